The third kappa shape index (κ3) is 1.05. The molecule has 0 amide bonds. The van der Waals surface area contributed by atoms with Gasteiger partial charge in [0.15, 0.2) is 0 Å². The van der Waals surface area contributed by atoms with Crippen LogP contribution in [-0.2, 0) is 0 Å². The number of alkyl halides is 1. The molecule has 13 heavy (non-hydrogen) atoms. The van der Waals surface area contributed by atoms with Gasteiger partial charge in [0, 0.05) is 0 Å². The zero-order valence-electron chi connectivity index (χ0n) is 8.22. The Morgan fingerprint density at radius 3 is 2.31 bits per heavy atom. The van der Waals surface area contributed by atoms with Crippen molar-refractivity contribution in [3.8, 4) is 0 Å². The molecule has 4 rings (SSSR count). The van der Waals surface area contributed by atoms with E-state index in [4.69, 9.17) is 11.6 Å². The minimum Gasteiger partial charge on any atom is -0.114 e. The molecule has 4 saturated carbocycles. The topological polar surface area (TPSA) is 0 Å². The van der Waals surface area contributed by atoms with Crippen molar-refractivity contribution in [2.75, 3.05) is 0 Å². The van der Waals surface area contributed by atoms with Crippen molar-refractivity contribution in [2.24, 2.45) is 17.8 Å². The van der Waals surface area contributed by atoms with Crippen molar-refractivity contribution in [1.82, 2.24) is 0 Å². The van der Waals surface area contributed by atoms with E-state index in [0.29, 0.717) is 0 Å². The predicted molar refractivity (Wildman–Crippen MR) is 55.9 cm³/mol. The average molecular weight is 197 g/mol. The summed E-state index contributed by atoms with van der Waals surface area (Å²) < 4.78 is 0. The van der Waals surface area contributed by atoms with Gasteiger partial charge in [0.05, 0.1) is 4.87 Å². The van der Waals surface area contributed by atoms with E-state index in [-0.39, 0.29) is 4.87 Å². The van der Waals surface area contributed by atoms with E-state index in [1.165, 1.54) is 32.1 Å². The van der Waals surface area contributed by atoms with E-state index >= 15 is 0 Å². The Kier molecular flexibility index (Phi) is 1.63. The highest BCUT2D eigenvalue weighted by molar-refractivity contribution is 6.26. The molecule has 0 radical (unpaired) electrons. The molecular formula is C12H17Cl. The van der Waals surface area contributed by atoms with Crippen LogP contribution in [0.2, 0.25) is 0 Å². The summed E-state index contributed by atoms with van der Waals surface area (Å²) in [6.45, 7) is 2.17. The maximum Gasteiger partial charge on any atom is 0.0663 e. The zero-order valence-corrected chi connectivity index (χ0v) is 8.98. The summed E-state index contributed by atoms with van der Waals surface area (Å²) in [6.07, 6.45) is 9.18. The molecule has 4 aliphatic rings. The molecule has 0 saturated heterocycles. The minimum atomic E-state index is 0.101. The molecule has 72 valence electrons. The SMILES string of the molecule is C/C=C1/C2C[C@@H]3C[C@H](C2)CC1(Cl)C3. The van der Waals surface area contributed by atoms with Gasteiger partial charge in [-0.15, -0.1) is 11.6 Å². The number of halogens is 1. The van der Waals surface area contributed by atoms with Crippen LogP contribution in [0.3, 0.4) is 0 Å². The normalized spacial score (nSPS) is 56.2. The monoisotopic (exact) mass is 196 g/mol. The summed E-state index contributed by atoms with van der Waals surface area (Å²) in [5.41, 5.74) is 1.58. The Morgan fingerprint density at radius 2 is 1.85 bits per heavy atom. The fourth-order valence-corrected chi connectivity index (χ4v) is 4.95. The average Bonchev–Trinajstić information content (AvgIpc) is 2.00. The van der Waals surface area contributed by atoms with Crippen LogP contribution < -0.4 is 0 Å². The first-order valence-corrected chi connectivity index (χ1v) is 5.94. The molecule has 4 bridgehead atoms. The Bertz CT molecular complexity index is 252. The Labute approximate surface area is 85.3 Å². The zero-order chi connectivity index (χ0) is 9.05. The Balaban J connectivity index is 2.03. The molecule has 0 spiro atoms. The van der Waals surface area contributed by atoms with Gasteiger partial charge in [0.1, 0.15) is 0 Å². The first-order chi connectivity index (χ1) is 6.21. The number of hydrogen-bond acceptors (Lipinski definition) is 0. The van der Waals surface area contributed by atoms with Gasteiger partial charge in [0.2, 0.25) is 0 Å². The van der Waals surface area contributed by atoms with E-state index in [9.17, 15) is 0 Å². The van der Waals surface area contributed by atoms with Crippen LogP contribution in [0.1, 0.15) is 39.0 Å². The molecule has 4 fully saturated rings. The second-order valence-corrected chi connectivity index (χ2v) is 5.98. The Hall–Kier alpha value is 0.0300. The summed E-state index contributed by atoms with van der Waals surface area (Å²) in [6, 6.07) is 0. The van der Waals surface area contributed by atoms with Crippen LogP contribution in [0.15, 0.2) is 11.6 Å². The van der Waals surface area contributed by atoms with Gasteiger partial charge in [-0.25, -0.2) is 0 Å². The highest BCUT2D eigenvalue weighted by atomic mass is 35.5. The largest absolute Gasteiger partial charge is 0.114 e. The highest BCUT2D eigenvalue weighted by Gasteiger charge is 2.52. The van der Waals surface area contributed by atoms with Gasteiger partial charge in [-0.3, -0.25) is 0 Å². The lowest BCUT2D eigenvalue weighted by molar-refractivity contribution is 0.0826. The van der Waals surface area contributed by atoms with E-state index in [1.807, 2.05) is 0 Å². The van der Waals surface area contributed by atoms with E-state index in [2.05, 4.69) is 13.0 Å². The minimum absolute atomic E-state index is 0.101. The van der Waals surface area contributed by atoms with Crippen molar-refractivity contribution < 1.29 is 0 Å². The predicted octanol–water partition coefficient (Wildman–Crippen LogP) is 3.75. The molecule has 2 unspecified atom stereocenters. The van der Waals surface area contributed by atoms with Crippen molar-refractivity contribution >= 4 is 11.6 Å². The van der Waals surface area contributed by atoms with Crippen LogP contribution in [0.4, 0.5) is 0 Å². The van der Waals surface area contributed by atoms with Crippen LogP contribution in [0.5, 0.6) is 0 Å². The van der Waals surface area contributed by atoms with Crippen molar-refractivity contribution in [1.29, 1.82) is 0 Å². The quantitative estimate of drug-likeness (QED) is 0.409. The molecule has 0 nitrogen and oxygen atoms in total. The molecule has 4 atom stereocenters. The number of allylic oxidation sites excluding steroid dienone is 2. The molecule has 0 heterocycles. The number of rotatable bonds is 0. The van der Waals surface area contributed by atoms with Crippen LogP contribution in [0.25, 0.3) is 0 Å². The molecule has 0 aromatic rings. The maximum atomic E-state index is 6.73. The fourth-order valence-electron chi connectivity index (χ4n) is 4.25. The van der Waals surface area contributed by atoms with E-state index < -0.39 is 0 Å². The third-order valence-corrected chi connectivity index (χ3v) is 4.92. The summed E-state index contributed by atoms with van der Waals surface area (Å²) in [5.74, 6) is 2.77. The summed E-state index contributed by atoms with van der Waals surface area (Å²) in [7, 11) is 0. The fraction of sp³-hybridized carbons (Fsp3) is 0.833. The molecule has 0 aromatic carbocycles. The van der Waals surface area contributed by atoms with Gasteiger partial charge < -0.3 is 0 Å². The van der Waals surface area contributed by atoms with E-state index in [0.717, 1.165) is 17.8 Å². The van der Waals surface area contributed by atoms with Gasteiger partial charge >= 0.3 is 0 Å². The van der Waals surface area contributed by atoms with Gasteiger partial charge in [-0.2, -0.15) is 0 Å². The van der Waals surface area contributed by atoms with Crippen LogP contribution >= 0.6 is 11.6 Å². The molecule has 1 heteroatoms. The van der Waals surface area contributed by atoms with Gasteiger partial charge in [0.25, 0.3) is 0 Å². The second kappa shape index (κ2) is 2.53. The molecular weight excluding hydrogens is 180 g/mol. The lowest BCUT2D eigenvalue weighted by Gasteiger charge is -2.55. The highest BCUT2D eigenvalue weighted by Crippen LogP contribution is 2.60. The van der Waals surface area contributed by atoms with Crippen molar-refractivity contribution in [3.63, 3.8) is 0 Å². The first kappa shape index (κ1) is 8.35. The standard InChI is InChI=1S/C12H17Cl/c1-2-11-10-4-8-3-9(5-10)7-12(11,13)6-8/h2,8-10H,3-7H2,1H3/b11-2-/t8-,9+,10?,12?. The summed E-state index contributed by atoms with van der Waals surface area (Å²) in [4.78, 5) is 0.101. The van der Waals surface area contributed by atoms with Crippen LogP contribution in [0, 0.1) is 17.8 Å². The third-order valence-electron chi connectivity index (χ3n) is 4.40. The molecule has 0 N–H and O–H groups in total. The van der Waals surface area contributed by atoms with Gasteiger partial charge in [-0.05, 0) is 56.8 Å². The summed E-state index contributed by atoms with van der Waals surface area (Å²) in [5, 5.41) is 0. The Morgan fingerprint density at radius 1 is 1.23 bits per heavy atom. The molecule has 4 aliphatic carbocycles. The molecule has 0 aliphatic heterocycles. The first-order valence-electron chi connectivity index (χ1n) is 5.57. The van der Waals surface area contributed by atoms with E-state index in [1.54, 1.807) is 5.57 Å². The lowest BCUT2D eigenvalue weighted by atomic mass is 9.54. The van der Waals surface area contributed by atoms with Crippen molar-refractivity contribution in [2.45, 2.75) is 43.9 Å². The van der Waals surface area contributed by atoms with Gasteiger partial charge in [-0.1, -0.05) is 11.6 Å². The smallest absolute Gasteiger partial charge is 0.0663 e. The van der Waals surface area contributed by atoms with Crippen LogP contribution in [-0.4, -0.2) is 4.87 Å². The number of hydrogen-bond donors (Lipinski definition) is 0. The lowest BCUT2D eigenvalue weighted by Crippen LogP contribution is -2.49. The second-order valence-electron chi connectivity index (χ2n) is 5.25. The summed E-state index contributed by atoms with van der Waals surface area (Å²) >= 11 is 6.73. The van der Waals surface area contributed by atoms with Crippen molar-refractivity contribution in [3.05, 3.63) is 11.6 Å². The molecule has 0 aromatic heterocycles. The maximum absolute atomic E-state index is 6.73.